The van der Waals surface area contributed by atoms with Gasteiger partial charge in [-0.05, 0) is 30.1 Å². The third kappa shape index (κ3) is 4.71. The Morgan fingerprint density at radius 1 is 1.43 bits per heavy atom. The number of nitrogens with zero attached hydrogens (tertiary/aromatic N) is 2. The first-order valence-electron chi connectivity index (χ1n) is 6.61. The first kappa shape index (κ1) is 15.8. The number of carboxylic acids is 1. The molecule has 1 heterocycles. The van der Waals surface area contributed by atoms with Gasteiger partial charge in [0.15, 0.2) is 4.34 Å². The maximum Gasteiger partial charge on any atom is 0.339 e. The standard InChI is InChI=1S/C14H16N2O3S2/c1-2-12-15-14(21-16-12)20-9-5-8-19-11-7-4-3-6-10(11)13(17)18/h3-4,6-7H,2,5,8-9H2,1H3,(H,17,18). The van der Waals surface area contributed by atoms with Crippen molar-refractivity contribution in [3.05, 3.63) is 35.7 Å². The zero-order chi connectivity index (χ0) is 15.1. The van der Waals surface area contributed by atoms with Gasteiger partial charge in [-0.1, -0.05) is 30.8 Å². The molecular formula is C14H16N2O3S2. The van der Waals surface area contributed by atoms with E-state index in [0.717, 1.165) is 28.8 Å². The van der Waals surface area contributed by atoms with E-state index in [9.17, 15) is 4.79 Å². The predicted octanol–water partition coefficient (Wildman–Crippen LogP) is 3.36. The van der Waals surface area contributed by atoms with Crippen molar-refractivity contribution < 1.29 is 14.6 Å². The van der Waals surface area contributed by atoms with Gasteiger partial charge >= 0.3 is 5.97 Å². The summed E-state index contributed by atoms with van der Waals surface area (Å²) in [4.78, 5) is 15.4. The number of aryl methyl sites for hydroxylation is 1. The Morgan fingerprint density at radius 2 is 2.24 bits per heavy atom. The van der Waals surface area contributed by atoms with Gasteiger partial charge in [-0.3, -0.25) is 0 Å². The Labute approximate surface area is 131 Å². The number of carbonyl (C=O) groups is 1. The second-order valence-electron chi connectivity index (χ2n) is 4.18. The van der Waals surface area contributed by atoms with Crippen LogP contribution in [0.2, 0.25) is 0 Å². The predicted molar refractivity (Wildman–Crippen MR) is 83.5 cm³/mol. The maximum atomic E-state index is 11.0. The van der Waals surface area contributed by atoms with Crippen LogP contribution in [0.1, 0.15) is 29.5 Å². The van der Waals surface area contributed by atoms with Crippen molar-refractivity contribution in [1.29, 1.82) is 0 Å². The highest BCUT2D eigenvalue weighted by atomic mass is 32.2. The third-order valence-electron chi connectivity index (χ3n) is 2.65. The van der Waals surface area contributed by atoms with Crippen LogP contribution in [0.15, 0.2) is 28.6 Å². The van der Waals surface area contributed by atoms with Crippen LogP contribution >= 0.6 is 23.3 Å². The van der Waals surface area contributed by atoms with E-state index in [1.165, 1.54) is 11.5 Å². The van der Waals surface area contributed by atoms with Crippen LogP contribution in [-0.4, -0.2) is 32.8 Å². The van der Waals surface area contributed by atoms with E-state index in [2.05, 4.69) is 9.36 Å². The summed E-state index contributed by atoms with van der Waals surface area (Å²) >= 11 is 3.07. The van der Waals surface area contributed by atoms with Crippen LogP contribution in [0.4, 0.5) is 0 Å². The molecule has 0 fully saturated rings. The van der Waals surface area contributed by atoms with Crippen LogP contribution < -0.4 is 4.74 Å². The average molecular weight is 324 g/mol. The second-order valence-corrected chi connectivity index (χ2v) is 6.28. The topological polar surface area (TPSA) is 72.3 Å². The van der Waals surface area contributed by atoms with Gasteiger partial charge in [-0.15, -0.1) is 0 Å². The highest BCUT2D eigenvalue weighted by Crippen LogP contribution is 2.22. The summed E-state index contributed by atoms with van der Waals surface area (Å²) in [6, 6.07) is 6.67. The molecular weight excluding hydrogens is 308 g/mol. The fourth-order valence-corrected chi connectivity index (χ4v) is 3.29. The smallest absolute Gasteiger partial charge is 0.339 e. The largest absolute Gasteiger partial charge is 0.493 e. The van der Waals surface area contributed by atoms with Crippen LogP contribution in [-0.2, 0) is 6.42 Å². The number of thioether (sulfide) groups is 1. The van der Waals surface area contributed by atoms with Crippen molar-refractivity contribution in [3.63, 3.8) is 0 Å². The number of carboxylic acid groups (broad SMARTS) is 1. The maximum absolute atomic E-state index is 11.0. The number of aromatic nitrogens is 2. The quantitative estimate of drug-likeness (QED) is 0.593. The molecule has 0 aliphatic heterocycles. The molecule has 2 aromatic rings. The van der Waals surface area contributed by atoms with E-state index in [1.54, 1.807) is 36.0 Å². The molecule has 112 valence electrons. The Hall–Kier alpha value is -1.60. The van der Waals surface area contributed by atoms with E-state index in [0.29, 0.717) is 12.4 Å². The minimum absolute atomic E-state index is 0.196. The molecule has 21 heavy (non-hydrogen) atoms. The molecule has 0 aliphatic carbocycles. The Morgan fingerprint density at radius 3 is 2.95 bits per heavy atom. The van der Waals surface area contributed by atoms with E-state index >= 15 is 0 Å². The molecule has 0 saturated heterocycles. The number of hydrogen-bond donors (Lipinski definition) is 1. The van der Waals surface area contributed by atoms with Gasteiger partial charge in [0.2, 0.25) is 0 Å². The van der Waals surface area contributed by atoms with Crippen LogP contribution in [0, 0.1) is 0 Å². The number of rotatable bonds is 8. The lowest BCUT2D eigenvalue weighted by Gasteiger charge is -2.08. The van der Waals surface area contributed by atoms with Gasteiger partial charge in [0.05, 0.1) is 6.61 Å². The minimum atomic E-state index is -0.971. The Balaban J connectivity index is 1.74. The molecule has 1 aromatic heterocycles. The summed E-state index contributed by atoms with van der Waals surface area (Å²) in [5.74, 6) is 1.20. The normalized spacial score (nSPS) is 10.5. The molecule has 5 nitrogen and oxygen atoms in total. The minimum Gasteiger partial charge on any atom is -0.493 e. The van der Waals surface area contributed by atoms with Crippen molar-refractivity contribution in [2.75, 3.05) is 12.4 Å². The van der Waals surface area contributed by atoms with Crippen LogP contribution in [0.3, 0.4) is 0 Å². The first-order chi connectivity index (χ1) is 10.2. The SMILES string of the molecule is CCc1nsc(SCCCOc2ccccc2C(=O)O)n1. The zero-order valence-corrected chi connectivity index (χ0v) is 13.2. The second kappa shape index (κ2) is 7.99. The summed E-state index contributed by atoms with van der Waals surface area (Å²) < 4.78 is 10.7. The molecule has 0 saturated carbocycles. The Kier molecular flexibility index (Phi) is 6.01. The van der Waals surface area contributed by atoms with Crippen LogP contribution in [0.5, 0.6) is 5.75 Å². The highest BCUT2D eigenvalue weighted by Gasteiger charge is 2.09. The van der Waals surface area contributed by atoms with Crippen molar-refractivity contribution >= 4 is 29.3 Å². The van der Waals surface area contributed by atoms with Crippen LogP contribution in [0.25, 0.3) is 0 Å². The van der Waals surface area contributed by atoms with E-state index in [1.807, 2.05) is 6.92 Å². The summed E-state index contributed by atoms with van der Waals surface area (Å²) in [5.41, 5.74) is 0.196. The molecule has 0 atom stereocenters. The first-order valence-corrected chi connectivity index (χ1v) is 8.37. The van der Waals surface area contributed by atoms with Crippen molar-refractivity contribution in [3.8, 4) is 5.75 Å². The lowest BCUT2D eigenvalue weighted by Crippen LogP contribution is -2.04. The van der Waals surface area contributed by atoms with E-state index in [-0.39, 0.29) is 5.56 Å². The molecule has 0 spiro atoms. The molecule has 1 aromatic carbocycles. The molecule has 0 radical (unpaired) electrons. The zero-order valence-electron chi connectivity index (χ0n) is 11.6. The highest BCUT2D eigenvalue weighted by molar-refractivity contribution is 8.00. The molecule has 0 bridgehead atoms. The van der Waals surface area contributed by atoms with Gasteiger partial charge in [0.1, 0.15) is 17.1 Å². The molecule has 1 N–H and O–H groups in total. The molecule has 0 amide bonds. The van der Waals surface area contributed by atoms with Gasteiger partial charge in [-0.25, -0.2) is 9.78 Å². The lowest BCUT2D eigenvalue weighted by atomic mass is 10.2. The summed E-state index contributed by atoms with van der Waals surface area (Å²) in [5, 5.41) is 9.04. The fourth-order valence-electron chi connectivity index (χ4n) is 1.61. The Bertz CT molecular complexity index is 601. The molecule has 7 heteroatoms. The lowest BCUT2D eigenvalue weighted by molar-refractivity contribution is 0.0692. The molecule has 2 rings (SSSR count). The number of benzene rings is 1. The van der Waals surface area contributed by atoms with Gasteiger partial charge < -0.3 is 9.84 Å². The molecule has 0 unspecified atom stereocenters. The van der Waals surface area contributed by atoms with Crippen molar-refractivity contribution in [1.82, 2.24) is 9.36 Å². The summed E-state index contributed by atoms with van der Waals surface area (Å²) in [7, 11) is 0. The average Bonchev–Trinajstić information content (AvgIpc) is 2.95. The number of para-hydroxylation sites is 1. The summed E-state index contributed by atoms with van der Waals surface area (Å²) in [6.07, 6.45) is 1.67. The van der Waals surface area contributed by atoms with E-state index in [4.69, 9.17) is 9.84 Å². The monoisotopic (exact) mass is 324 g/mol. The van der Waals surface area contributed by atoms with Gasteiger partial charge in [0.25, 0.3) is 0 Å². The molecule has 0 aliphatic rings. The number of aromatic carboxylic acids is 1. The third-order valence-corrected chi connectivity index (χ3v) is 4.61. The fraction of sp³-hybridized carbons (Fsp3) is 0.357. The number of hydrogen-bond acceptors (Lipinski definition) is 6. The van der Waals surface area contributed by atoms with E-state index < -0.39 is 5.97 Å². The van der Waals surface area contributed by atoms with Crippen molar-refractivity contribution in [2.45, 2.75) is 24.1 Å². The van der Waals surface area contributed by atoms with Crippen molar-refractivity contribution in [2.24, 2.45) is 0 Å². The number of ether oxygens (including phenoxy) is 1. The van der Waals surface area contributed by atoms with Gasteiger partial charge in [-0.2, -0.15) is 4.37 Å². The summed E-state index contributed by atoms with van der Waals surface area (Å²) in [6.45, 7) is 2.51. The van der Waals surface area contributed by atoms with Gasteiger partial charge in [0, 0.05) is 12.2 Å².